The van der Waals surface area contributed by atoms with Crippen LogP contribution in [0, 0.1) is 0 Å². The molecular formula is C10H11BrN2O2S. The van der Waals surface area contributed by atoms with Crippen LogP contribution in [0.4, 0.5) is 4.79 Å². The lowest BCUT2D eigenvalue weighted by molar-refractivity contribution is -0.121. The summed E-state index contributed by atoms with van der Waals surface area (Å²) >= 11 is 5.07. The molecule has 2 rings (SSSR count). The number of hydrogen-bond donors (Lipinski definition) is 1. The molecule has 1 fully saturated rings. The summed E-state index contributed by atoms with van der Waals surface area (Å²) < 4.78 is 1.10. The van der Waals surface area contributed by atoms with Crippen LogP contribution in [0.25, 0.3) is 0 Å². The number of urea groups is 1. The summed E-state index contributed by atoms with van der Waals surface area (Å²) in [7, 11) is 0. The van der Waals surface area contributed by atoms with E-state index in [-0.39, 0.29) is 11.9 Å². The molecular weight excluding hydrogens is 292 g/mol. The van der Waals surface area contributed by atoms with Gasteiger partial charge in [0.25, 0.3) is 0 Å². The minimum atomic E-state index is -0.271. The Kier molecular flexibility index (Phi) is 3.60. The summed E-state index contributed by atoms with van der Waals surface area (Å²) in [4.78, 5) is 25.3. The molecule has 0 unspecified atom stereocenters. The van der Waals surface area contributed by atoms with E-state index in [4.69, 9.17) is 0 Å². The van der Waals surface area contributed by atoms with Crippen LogP contribution in [0.2, 0.25) is 0 Å². The zero-order valence-corrected chi connectivity index (χ0v) is 10.9. The highest BCUT2D eigenvalue weighted by molar-refractivity contribution is 9.11. The van der Waals surface area contributed by atoms with Gasteiger partial charge in [0.1, 0.15) is 0 Å². The summed E-state index contributed by atoms with van der Waals surface area (Å²) in [6.07, 6.45) is 1.23. The van der Waals surface area contributed by atoms with Gasteiger partial charge >= 0.3 is 6.03 Å². The molecule has 0 aliphatic carbocycles. The van der Waals surface area contributed by atoms with E-state index in [0.717, 1.165) is 10.2 Å². The molecule has 1 saturated heterocycles. The van der Waals surface area contributed by atoms with Crippen molar-refractivity contribution in [3.05, 3.63) is 20.8 Å². The summed E-state index contributed by atoms with van der Waals surface area (Å²) in [5.74, 6) is -0.180. The fourth-order valence-corrected chi connectivity index (χ4v) is 3.02. The Morgan fingerprint density at radius 2 is 2.25 bits per heavy atom. The van der Waals surface area contributed by atoms with Crippen molar-refractivity contribution in [2.24, 2.45) is 0 Å². The number of amides is 3. The Morgan fingerprint density at radius 1 is 1.44 bits per heavy atom. The third-order valence-corrected chi connectivity index (χ3v) is 4.08. The second-order valence-corrected chi connectivity index (χ2v) is 6.09. The molecule has 0 radical (unpaired) electrons. The predicted octanol–water partition coefficient (Wildman–Crippen LogP) is 2.00. The molecule has 1 aromatic rings. The molecule has 0 aromatic carbocycles. The van der Waals surface area contributed by atoms with Gasteiger partial charge in [-0.3, -0.25) is 10.1 Å². The molecule has 1 N–H and O–H groups in total. The highest BCUT2D eigenvalue weighted by Gasteiger charge is 2.22. The highest BCUT2D eigenvalue weighted by Crippen LogP contribution is 2.22. The van der Waals surface area contributed by atoms with E-state index in [1.807, 2.05) is 12.1 Å². The number of carbonyl (C=O) groups is 2. The quantitative estimate of drug-likeness (QED) is 0.928. The van der Waals surface area contributed by atoms with E-state index in [2.05, 4.69) is 21.2 Å². The zero-order chi connectivity index (χ0) is 11.5. The smallest absolute Gasteiger partial charge is 0.324 e. The van der Waals surface area contributed by atoms with E-state index in [1.54, 1.807) is 16.2 Å². The van der Waals surface area contributed by atoms with Crippen molar-refractivity contribution >= 4 is 39.2 Å². The molecule has 16 heavy (non-hydrogen) atoms. The molecule has 0 spiro atoms. The third-order valence-electron chi connectivity index (χ3n) is 2.40. The summed E-state index contributed by atoms with van der Waals surface area (Å²) in [5, 5.41) is 2.31. The lowest BCUT2D eigenvalue weighted by atomic mass is 10.2. The van der Waals surface area contributed by atoms with Crippen molar-refractivity contribution in [1.82, 2.24) is 10.2 Å². The SMILES string of the molecule is O=C1CCN(CCc2ccc(Br)s2)C(=O)N1. The van der Waals surface area contributed by atoms with E-state index in [9.17, 15) is 9.59 Å². The predicted molar refractivity (Wildman–Crippen MR) is 65.5 cm³/mol. The number of nitrogens with zero attached hydrogens (tertiary/aromatic N) is 1. The van der Waals surface area contributed by atoms with Gasteiger partial charge in [0.15, 0.2) is 0 Å². The minimum absolute atomic E-state index is 0.180. The van der Waals surface area contributed by atoms with Crippen molar-refractivity contribution in [3.63, 3.8) is 0 Å². The summed E-state index contributed by atoms with van der Waals surface area (Å²) in [5.41, 5.74) is 0. The monoisotopic (exact) mass is 302 g/mol. The normalized spacial score (nSPS) is 16.4. The first-order valence-electron chi connectivity index (χ1n) is 4.98. The van der Waals surface area contributed by atoms with Gasteiger partial charge in [-0.2, -0.15) is 0 Å². The Balaban J connectivity index is 1.86. The van der Waals surface area contributed by atoms with Crippen LogP contribution in [0.5, 0.6) is 0 Å². The van der Waals surface area contributed by atoms with Crippen molar-refractivity contribution < 1.29 is 9.59 Å². The van der Waals surface area contributed by atoms with E-state index in [0.29, 0.717) is 19.5 Å². The van der Waals surface area contributed by atoms with Gasteiger partial charge in [-0.1, -0.05) is 0 Å². The number of rotatable bonds is 3. The number of hydrogen-bond acceptors (Lipinski definition) is 3. The lowest BCUT2D eigenvalue weighted by Gasteiger charge is -2.26. The van der Waals surface area contributed by atoms with Crippen molar-refractivity contribution in [1.29, 1.82) is 0 Å². The maximum Gasteiger partial charge on any atom is 0.324 e. The molecule has 0 saturated carbocycles. The number of carbonyl (C=O) groups excluding carboxylic acids is 2. The van der Waals surface area contributed by atoms with Gasteiger partial charge in [0, 0.05) is 24.4 Å². The Labute approximate surface area is 106 Å². The molecule has 1 aliphatic heterocycles. The Bertz CT molecular complexity index is 419. The number of halogens is 1. The van der Waals surface area contributed by atoms with Crippen LogP contribution >= 0.6 is 27.3 Å². The molecule has 2 heterocycles. The molecule has 6 heteroatoms. The number of imide groups is 1. The molecule has 0 atom stereocenters. The first-order valence-corrected chi connectivity index (χ1v) is 6.59. The topological polar surface area (TPSA) is 49.4 Å². The molecule has 0 bridgehead atoms. The Morgan fingerprint density at radius 3 is 2.88 bits per heavy atom. The standard InChI is InChI=1S/C10H11BrN2O2S/c11-8-2-1-7(16-8)3-5-13-6-4-9(14)12-10(13)15/h1-2H,3-6H2,(H,12,14,15). The third kappa shape index (κ3) is 2.82. The Hall–Kier alpha value is -0.880. The van der Waals surface area contributed by atoms with Crippen LogP contribution in [-0.4, -0.2) is 29.9 Å². The molecule has 4 nitrogen and oxygen atoms in total. The second kappa shape index (κ2) is 4.97. The van der Waals surface area contributed by atoms with Crippen LogP contribution < -0.4 is 5.32 Å². The average molecular weight is 303 g/mol. The lowest BCUT2D eigenvalue weighted by Crippen LogP contribution is -2.49. The van der Waals surface area contributed by atoms with Crippen molar-refractivity contribution in [3.8, 4) is 0 Å². The van der Waals surface area contributed by atoms with E-state index < -0.39 is 0 Å². The zero-order valence-electron chi connectivity index (χ0n) is 8.53. The van der Waals surface area contributed by atoms with Gasteiger partial charge in [-0.05, 0) is 34.5 Å². The average Bonchev–Trinajstić information content (AvgIpc) is 2.63. The minimum Gasteiger partial charge on any atom is -0.324 e. The first kappa shape index (κ1) is 11.6. The molecule has 1 aromatic heterocycles. The number of nitrogens with one attached hydrogen (secondary N) is 1. The fraction of sp³-hybridized carbons (Fsp3) is 0.400. The second-order valence-electron chi connectivity index (χ2n) is 3.55. The van der Waals surface area contributed by atoms with Gasteiger partial charge < -0.3 is 4.90 Å². The number of thiophene rings is 1. The highest BCUT2D eigenvalue weighted by atomic mass is 79.9. The first-order chi connectivity index (χ1) is 7.65. The van der Waals surface area contributed by atoms with Crippen LogP contribution in [-0.2, 0) is 11.2 Å². The van der Waals surface area contributed by atoms with Gasteiger partial charge in [-0.15, -0.1) is 11.3 Å². The van der Waals surface area contributed by atoms with E-state index >= 15 is 0 Å². The maximum absolute atomic E-state index is 11.4. The van der Waals surface area contributed by atoms with Crippen LogP contribution in [0.3, 0.4) is 0 Å². The van der Waals surface area contributed by atoms with Gasteiger partial charge in [0.2, 0.25) is 5.91 Å². The summed E-state index contributed by atoms with van der Waals surface area (Å²) in [6, 6.07) is 3.77. The maximum atomic E-state index is 11.4. The molecule has 3 amide bonds. The molecule has 1 aliphatic rings. The van der Waals surface area contributed by atoms with Crippen molar-refractivity contribution in [2.75, 3.05) is 13.1 Å². The van der Waals surface area contributed by atoms with E-state index in [1.165, 1.54) is 4.88 Å². The summed E-state index contributed by atoms with van der Waals surface area (Å²) in [6.45, 7) is 1.18. The fourth-order valence-electron chi connectivity index (χ4n) is 1.54. The van der Waals surface area contributed by atoms with Crippen molar-refractivity contribution in [2.45, 2.75) is 12.8 Å². The van der Waals surface area contributed by atoms with Crippen LogP contribution in [0.15, 0.2) is 15.9 Å². The molecule has 86 valence electrons. The largest absolute Gasteiger partial charge is 0.324 e. The van der Waals surface area contributed by atoms with Crippen LogP contribution in [0.1, 0.15) is 11.3 Å². The van der Waals surface area contributed by atoms with Gasteiger partial charge in [-0.25, -0.2) is 4.79 Å². The van der Waals surface area contributed by atoms with Gasteiger partial charge in [0.05, 0.1) is 3.79 Å².